The Morgan fingerprint density at radius 3 is 2.18 bits per heavy atom. The molecular formula is C51H74N2O7S. The van der Waals surface area contributed by atoms with Crippen LogP contribution in [0.25, 0.3) is 0 Å². The summed E-state index contributed by atoms with van der Waals surface area (Å²) < 4.78 is 34.8. The maximum absolute atomic E-state index is 15.0. The second-order valence-corrected chi connectivity index (χ2v) is 24.3. The van der Waals surface area contributed by atoms with Gasteiger partial charge < -0.3 is 20.3 Å². The van der Waals surface area contributed by atoms with E-state index in [0.29, 0.717) is 25.0 Å². The van der Waals surface area contributed by atoms with Crippen molar-refractivity contribution in [2.75, 3.05) is 20.2 Å². The Labute approximate surface area is 366 Å². The van der Waals surface area contributed by atoms with Crippen molar-refractivity contribution in [3.63, 3.8) is 0 Å². The first-order valence-corrected chi connectivity index (χ1v) is 24.5. The molecule has 4 fully saturated rings. The lowest BCUT2D eigenvalue weighted by Gasteiger charge is -2.70. The van der Waals surface area contributed by atoms with Gasteiger partial charge in [-0.1, -0.05) is 98.2 Å². The predicted molar refractivity (Wildman–Crippen MR) is 240 cm³/mol. The standard InChI is InChI=1S/C51H74N2O7S/c1-33(2)31-53(61(58,59)36-18-16-35(60-10)17-19-36)32-41(55)39(28-34-14-12-11-13-15-34)52-45(57)48(6)25-24-47(5)26-27-50(8)37(38(47)30-48)29-40(54)44-49(7)22-21-43(56)46(3,4)42(49)20-23-51(44,50)9/h11-19,29,33,38-39,41-44,55-56H,20-28,30-32H2,1-10H3,(H,52,57)/t38-,39+,41-,42+,43+,44-,47-,48+,49+,50-,51-/m1/s1. The topological polar surface area (TPSA) is 133 Å². The summed E-state index contributed by atoms with van der Waals surface area (Å²) in [7, 11) is -2.47. The minimum Gasteiger partial charge on any atom is -0.497 e. The number of fused-ring (bicyclic) bond motifs is 7. The number of aliphatic hydroxyl groups excluding tert-OH is 2. The highest BCUT2D eigenvalue weighted by Crippen LogP contribution is 2.75. The van der Waals surface area contributed by atoms with Crippen LogP contribution >= 0.6 is 0 Å². The number of carbonyl (C=O) groups excluding carboxylic acids is 2. The van der Waals surface area contributed by atoms with E-state index in [1.54, 1.807) is 12.1 Å². The van der Waals surface area contributed by atoms with Crippen molar-refractivity contribution < 1.29 is 33.0 Å². The van der Waals surface area contributed by atoms with Crippen molar-refractivity contribution >= 4 is 21.7 Å². The molecular weight excluding hydrogens is 785 g/mol. The Hall–Kier alpha value is -3.05. The van der Waals surface area contributed by atoms with Crippen molar-refractivity contribution in [2.24, 2.45) is 56.2 Å². The van der Waals surface area contributed by atoms with Gasteiger partial charge in [-0.2, -0.15) is 4.31 Å². The van der Waals surface area contributed by atoms with Gasteiger partial charge in [-0.25, -0.2) is 8.42 Å². The molecule has 0 radical (unpaired) electrons. The predicted octanol–water partition coefficient (Wildman–Crippen LogP) is 8.77. The lowest BCUT2D eigenvalue weighted by atomic mass is 9.33. The van der Waals surface area contributed by atoms with E-state index in [-0.39, 0.29) is 86.5 Å². The van der Waals surface area contributed by atoms with E-state index in [0.717, 1.165) is 50.5 Å². The van der Waals surface area contributed by atoms with Crippen LogP contribution < -0.4 is 10.1 Å². The molecule has 0 bridgehead atoms. The molecule has 2 aromatic rings. The minimum atomic E-state index is -4.00. The largest absolute Gasteiger partial charge is 0.497 e. The number of benzene rings is 2. The molecule has 4 saturated carbocycles. The third kappa shape index (κ3) is 7.75. The van der Waals surface area contributed by atoms with E-state index in [9.17, 15) is 28.2 Å². The smallest absolute Gasteiger partial charge is 0.243 e. The zero-order chi connectivity index (χ0) is 44.6. The fourth-order valence-electron chi connectivity index (χ4n) is 13.8. The van der Waals surface area contributed by atoms with E-state index in [1.165, 1.54) is 29.1 Å². The number of sulfonamides is 1. The van der Waals surface area contributed by atoms with Crippen LogP contribution in [-0.4, -0.2) is 73.1 Å². The number of rotatable bonds is 12. The molecule has 10 heteroatoms. The Kier molecular flexibility index (Phi) is 12.2. The number of nitrogens with zero attached hydrogens (tertiary/aromatic N) is 1. The molecule has 61 heavy (non-hydrogen) atoms. The van der Waals surface area contributed by atoms with Crippen molar-refractivity contribution in [3.8, 4) is 5.75 Å². The second-order valence-electron chi connectivity index (χ2n) is 22.4. The number of amides is 1. The quantitative estimate of drug-likeness (QED) is 0.195. The fourth-order valence-corrected chi connectivity index (χ4v) is 15.4. The highest BCUT2D eigenvalue weighted by atomic mass is 32.2. The van der Waals surface area contributed by atoms with E-state index in [1.807, 2.05) is 50.3 Å². The number of nitrogens with one attached hydrogen (secondary N) is 1. The van der Waals surface area contributed by atoms with Crippen molar-refractivity contribution in [1.82, 2.24) is 9.62 Å². The van der Waals surface area contributed by atoms with Crippen LogP contribution in [0.1, 0.15) is 126 Å². The van der Waals surface area contributed by atoms with Crippen molar-refractivity contribution in [3.05, 3.63) is 71.8 Å². The number of ketones is 1. The Balaban J connectivity index is 1.17. The molecule has 0 spiro atoms. The number of allylic oxidation sites excluding steroid dienone is 2. The first kappa shape index (κ1) is 46.0. The van der Waals surface area contributed by atoms with Gasteiger partial charge >= 0.3 is 0 Å². The average Bonchev–Trinajstić information content (AvgIpc) is 3.20. The van der Waals surface area contributed by atoms with Crippen LogP contribution in [0, 0.1) is 56.2 Å². The lowest BCUT2D eigenvalue weighted by Crippen LogP contribution is -2.66. The van der Waals surface area contributed by atoms with E-state index in [2.05, 4.69) is 53.8 Å². The SMILES string of the molecule is COc1ccc(S(=O)(=O)N(CC(C)C)C[C@@H](O)[C@H](Cc2ccccc2)NC(=O)[C@@]2(C)CC[C@]3(C)CC[C@]4(C)C(=CC(=O)[C@@H]5[C@@]6(C)CC[C@H](O)C(C)(C)[C@@H]6CC[C@]54C)[C@H]3C2)cc1. The van der Waals surface area contributed by atoms with Crippen molar-refractivity contribution in [2.45, 2.75) is 150 Å². The maximum Gasteiger partial charge on any atom is 0.243 e. The molecule has 0 unspecified atom stereocenters. The van der Waals surface area contributed by atoms with Gasteiger partial charge in [0.2, 0.25) is 15.9 Å². The molecule has 2 aromatic carbocycles. The summed E-state index contributed by atoms with van der Waals surface area (Å²) >= 11 is 0. The van der Waals surface area contributed by atoms with Crippen LogP contribution in [0.4, 0.5) is 0 Å². The van der Waals surface area contributed by atoms with Crippen LogP contribution in [-0.2, 0) is 26.0 Å². The molecule has 1 amide bonds. The summed E-state index contributed by atoms with van der Waals surface area (Å²) in [5, 5.41) is 26.6. The van der Waals surface area contributed by atoms with Crippen LogP contribution in [0.2, 0.25) is 0 Å². The van der Waals surface area contributed by atoms with Gasteiger partial charge in [0, 0.05) is 24.4 Å². The molecule has 7 rings (SSSR count). The first-order chi connectivity index (χ1) is 28.4. The zero-order valence-electron chi connectivity index (χ0n) is 38.6. The molecule has 0 saturated heterocycles. The zero-order valence-corrected chi connectivity index (χ0v) is 39.4. The summed E-state index contributed by atoms with van der Waals surface area (Å²) in [5.41, 5.74) is 0.419. The Morgan fingerprint density at radius 1 is 0.885 bits per heavy atom. The highest BCUT2D eigenvalue weighted by molar-refractivity contribution is 7.89. The summed E-state index contributed by atoms with van der Waals surface area (Å²) in [6, 6.07) is 15.2. The minimum absolute atomic E-state index is 0.0159. The third-order valence-corrected chi connectivity index (χ3v) is 19.7. The van der Waals surface area contributed by atoms with Crippen LogP contribution in [0.15, 0.2) is 71.1 Å². The number of methoxy groups -OCH3 is 1. The highest BCUT2D eigenvalue weighted by Gasteiger charge is 2.70. The van der Waals surface area contributed by atoms with Gasteiger partial charge in [0.05, 0.1) is 30.3 Å². The summed E-state index contributed by atoms with van der Waals surface area (Å²) in [6.07, 6.45) is 8.48. The van der Waals surface area contributed by atoms with E-state index >= 15 is 0 Å². The lowest BCUT2D eigenvalue weighted by molar-refractivity contribution is -0.202. The Bertz CT molecular complexity index is 2100. The second kappa shape index (κ2) is 16.2. The number of hydrogen-bond donors (Lipinski definition) is 3. The van der Waals surface area contributed by atoms with E-state index in [4.69, 9.17) is 4.74 Å². The average molecular weight is 859 g/mol. The summed E-state index contributed by atoms with van der Waals surface area (Å²) in [4.78, 5) is 30.0. The molecule has 3 N–H and O–H groups in total. The maximum atomic E-state index is 15.0. The molecule has 0 aromatic heterocycles. The normalized spacial score (nSPS) is 36.8. The van der Waals surface area contributed by atoms with Gasteiger partial charge in [0.1, 0.15) is 5.75 Å². The molecule has 5 aliphatic carbocycles. The van der Waals surface area contributed by atoms with Gasteiger partial charge in [-0.3, -0.25) is 9.59 Å². The molecule has 9 nitrogen and oxygen atoms in total. The van der Waals surface area contributed by atoms with Crippen LogP contribution in [0.3, 0.4) is 0 Å². The van der Waals surface area contributed by atoms with Crippen LogP contribution in [0.5, 0.6) is 5.75 Å². The van der Waals surface area contributed by atoms with Crippen molar-refractivity contribution in [1.29, 1.82) is 0 Å². The number of hydrogen-bond acceptors (Lipinski definition) is 7. The summed E-state index contributed by atoms with van der Waals surface area (Å²) in [5.74, 6) is 0.810. The van der Waals surface area contributed by atoms with Gasteiger partial charge in [0.25, 0.3) is 0 Å². The van der Waals surface area contributed by atoms with Gasteiger partial charge in [-0.15, -0.1) is 0 Å². The third-order valence-electron chi connectivity index (χ3n) is 17.8. The molecule has 336 valence electrons. The molecule has 0 aliphatic heterocycles. The number of aliphatic hydroxyl groups is 2. The monoisotopic (exact) mass is 859 g/mol. The Morgan fingerprint density at radius 2 is 1.54 bits per heavy atom. The number of carbonyl (C=O) groups is 2. The summed E-state index contributed by atoms with van der Waals surface area (Å²) in [6.45, 7) is 19.9. The van der Waals surface area contributed by atoms with Gasteiger partial charge in [0.15, 0.2) is 5.78 Å². The number of ether oxygens (including phenoxy) is 1. The van der Waals surface area contributed by atoms with E-state index < -0.39 is 27.6 Å². The molecule has 11 atom stereocenters. The molecule has 5 aliphatic rings. The first-order valence-electron chi connectivity index (χ1n) is 23.1. The van der Waals surface area contributed by atoms with Gasteiger partial charge in [-0.05, 0) is 145 Å². The fraction of sp³-hybridized carbons (Fsp3) is 0.686. The molecule has 0 heterocycles.